The predicted octanol–water partition coefficient (Wildman–Crippen LogP) is 8.98. The molecule has 0 saturated carbocycles. The Bertz CT molecular complexity index is 2220. The molecule has 10 nitrogen and oxygen atoms in total. The quantitative estimate of drug-likeness (QED) is 0.159. The van der Waals surface area contributed by atoms with Crippen LogP contribution < -0.4 is 24.8 Å². The van der Waals surface area contributed by atoms with Gasteiger partial charge in [-0.2, -0.15) is 4.40 Å². The van der Waals surface area contributed by atoms with Gasteiger partial charge in [0.15, 0.2) is 23.3 Å². The van der Waals surface area contributed by atoms with Gasteiger partial charge in [0.05, 0.1) is 56.6 Å². The molecule has 2 aliphatic heterocycles. The van der Waals surface area contributed by atoms with Gasteiger partial charge >= 0.3 is 0 Å². The Balaban J connectivity index is 0.000000248. The van der Waals surface area contributed by atoms with Crippen LogP contribution in [0.2, 0.25) is 0 Å². The monoisotopic (exact) mass is 830 g/mol. The number of halogens is 4. The minimum Gasteiger partial charge on any atom is -0.492 e. The summed E-state index contributed by atoms with van der Waals surface area (Å²) in [6, 6.07) is 16.2. The van der Waals surface area contributed by atoms with Gasteiger partial charge in [-0.25, -0.2) is 30.7 Å². The number of rotatable bonds is 7. The third-order valence-electron chi connectivity index (χ3n) is 8.35. The van der Waals surface area contributed by atoms with Crippen molar-refractivity contribution in [2.24, 2.45) is 4.40 Å². The van der Waals surface area contributed by atoms with Gasteiger partial charge in [0.25, 0.3) is 11.8 Å². The van der Waals surface area contributed by atoms with E-state index < -0.39 is 66.5 Å². The summed E-state index contributed by atoms with van der Waals surface area (Å²) in [6.45, 7) is 11.8. The SMILES string of the molecule is C.CC(C)(C)[S@](=O)N=C1CCOc2c(C(=O)Nc3ccc(F)c(F)c3)cccc21.CC(C)(C)[S@](=O)NC1CCOc2c(C(=O)Nc3ccc(F)c(F)c3)cccc21. The molecule has 4 aromatic carbocycles. The number of amides is 2. The van der Waals surface area contributed by atoms with Gasteiger partial charge in [0.2, 0.25) is 0 Å². The van der Waals surface area contributed by atoms with Gasteiger partial charge in [0, 0.05) is 47.5 Å². The molecule has 0 aliphatic carbocycles. The first kappa shape index (κ1) is 44.8. The Morgan fingerprint density at radius 1 is 0.702 bits per heavy atom. The number of fused-ring (bicyclic) bond motifs is 2. The van der Waals surface area contributed by atoms with E-state index in [1.54, 1.807) is 30.3 Å². The molecule has 0 saturated heterocycles. The van der Waals surface area contributed by atoms with E-state index in [2.05, 4.69) is 19.8 Å². The second-order valence-corrected chi connectivity index (χ2v) is 18.7. The third-order valence-corrected chi connectivity index (χ3v) is 11.4. The number of carbonyl (C=O) groups excluding carboxylic acids is 2. The molecule has 306 valence electrons. The van der Waals surface area contributed by atoms with E-state index in [4.69, 9.17) is 9.47 Å². The van der Waals surface area contributed by atoms with Crippen molar-refractivity contribution >= 4 is 50.9 Å². The molecule has 57 heavy (non-hydrogen) atoms. The molecule has 16 heteroatoms. The molecule has 3 N–H and O–H groups in total. The van der Waals surface area contributed by atoms with E-state index in [1.165, 1.54) is 12.1 Å². The van der Waals surface area contributed by atoms with Gasteiger partial charge < -0.3 is 20.1 Å². The topological polar surface area (TPSA) is 135 Å². The van der Waals surface area contributed by atoms with Crippen LogP contribution in [-0.4, -0.2) is 48.7 Å². The van der Waals surface area contributed by atoms with Gasteiger partial charge in [-0.15, -0.1) is 0 Å². The minimum atomic E-state index is -1.44. The fraction of sp³-hybridized carbons (Fsp3) is 0.341. The van der Waals surface area contributed by atoms with E-state index >= 15 is 0 Å². The largest absolute Gasteiger partial charge is 0.492 e. The van der Waals surface area contributed by atoms with Gasteiger partial charge in [-0.1, -0.05) is 25.6 Å². The lowest BCUT2D eigenvalue weighted by molar-refractivity contribution is 0.101. The Morgan fingerprint density at radius 3 is 1.75 bits per heavy atom. The number of nitrogens with one attached hydrogen (secondary N) is 3. The zero-order chi connectivity index (χ0) is 40.9. The summed E-state index contributed by atoms with van der Waals surface area (Å²) in [7, 11) is -2.72. The Kier molecular flexibility index (Phi) is 14.6. The number of nitrogens with zero attached hydrogens (tertiary/aromatic N) is 1. The lowest BCUT2D eigenvalue weighted by Crippen LogP contribution is -2.37. The fourth-order valence-electron chi connectivity index (χ4n) is 5.39. The second-order valence-electron chi connectivity index (χ2n) is 14.8. The fourth-order valence-corrected chi connectivity index (χ4v) is 6.91. The van der Waals surface area contributed by atoms with Crippen LogP contribution in [0.5, 0.6) is 11.5 Å². The normalized spacial score (nSPS) is 16.5. The Morgan fingerprint density at radius 2 is 1.23 bits per heavy atom. The van der Waals surface area contributed by atoms with Crippen molar-refractivity contribution in [3.8, 4) is 11.5 Å². The van der Waals surface area contributed by atoms with Gasteiger partial charge in [0.1, 0.15) is 22.5 Å². The first-order valence-corrected chi connectivity index (χ1v) is 19.8. The summed E-state index contributed by atoms with van der Waals surface area (Å²) in [5.41, 5.74) is 2.72. The lowest BCUT2D eigenvalue weighted by Gasteiger charge is -2.30. The van der Waals surface area contributed by atoms with Gasteiger partial charge in [-0.05, 0) is 84.0 Å². The average Bonchev–Trinajstić information content (AvgIpc) is 3.14. The van der Waals surface area contributed by atoms with Crippen LogP contribution in [0.15, 0.2) is 77.2 Å². The first-order chi connectivity index (χ1) is 26.3. The van der Waals surface area contributed by atoms with E-state index in [-0.39, 0.29) is 36.0 Å². The third kappa shape index (κ3) is 11.1. The summed E-state index contributed by atoms with van der Waals surface area (Å²) in [6.07, 6.45) is 1.09. The summed E-state index contributed by atoms with van der Waals surface area (Å²) >= 11 is 0. The maximum absolute atomic E-state index is 13.4. The second kappa shape index (κ2) is 18.6. The average molecular weight is 831 g/mol. The highest BCUT2D eigenvalue weighted by Gasteiger charge is 2.30. The zero-order valence-electron chi connectivity index (χ0n) is 31.6. The van der Waals surface area contributed by atoms with Crippen LogP contribution in [0.25, 0.3) is 0 Å². The number of carbonyl (C=O) groups is 2. The highest BCUT2D eigenvalue weighted by Crippen LogP contribution is 2.36. The molecule has 0 aromatic heterocycles. The summed E-state index contributed by atoms with van der Waals surface area (Å²) in [4.78, 5) is 25.3. The number of benzene rings is 4. The van der Waals surface area contributed by atoms with Crippen molar-refractivity contribution in [1.29, 1.82) is 0 Å². The maximum atomic E-state index is 13.4. The van der Waals surface area contributed by atoms with E-state index in [0.717, 1.165) is 29.8 Å². The predicted molar refractivity (Wildman–Crippen MR) is 217 cm³/mol. The molecule has 0 spiro atoms. The van der Waals surface area contributed by atoms with Crippen molar-refractivity contribution in [2.45, 2.75) is 77.3 Å². The molecule has 2 amide bonds. The van der Waals surface area contributed by atoms with Crippen LogP contribution >= 0.6 is 0 Å². The first-order valence-electron chi connectivity index (χ1n) is 17.6. The molecule has 0 fully saturated rings. The van der Waals surface area contributed by atoms with Crippen LogP contribution in [0, 0.1) is 23.3 Å². The van der Waals surface area contributed by atoms with E-state index in [0.29, 0.717) is 48.8 Å². The van der Waals surface area contributed by atoms with Crippen LogP contribution in [0.4, 0.5) is 28.9 Å². The molecular weight excluding hydrogens is 785 g/mol. The Hall–Kier alpha value is -4.93. The molecule has 4 aromatic rings. The molecule has 0 bridgehead atoms. The van der Waals surface area contributed by atoms with Gasteiger partial charge in [-0.3, -0.25) is 9.59 Å². The molecule has 3 atom stereocenters. The number of hydrogen-bond donors (Lipinski definition) is 3. The van der Waals surface area contributed by atoms with Crippen molar-refractivity contribution in [2.75, 3.05) is 23.8 Å². The van der Waals surface area contributed by atoms with Crippen molar-refractivity contribution in [3.63, 3.8) is 0 Å². The van der Waals surface area contributed by atoms with E-state index in [9.17, 15) is 35.6 Å². The van der Waals surface area contributed by atoms with Crippen LogP contribution in [0.3, 0.4) is 0 Å². The highest BCUT2D eigenvalue weighted by atomic mass is 32.2. The summed E-state index contributed by atoms with van der Waals surface area (Å²) < 4.78 is 95.7. The minimum absolute atomic E-state index is 0. The zero-order valence-corrected chi connectivity index (χ0v) is 33.2. The highest BCUT2D eigenvalue weighted by molar-refractivity contribution is 7.85. The molecule has 1 unspecified atom stereocenters. The summed E-state index contributed by atoms with van der Waals surface area (Å²) in [5.74, 6) is -4.37. The standard InChI is InChI=1S/C20H22F2N2O3S.C20H20F2N2O3S.CH4/c2*1-20(2,3)28(26)24-17-9-10-27-18-13(17)5-4-6-14(18)19(25)23-12-7-8-15(21)16(22)11-12;/h4-8,11,17,24H,9-10H2,1-3H3,(H,23,25);4-8,11H,9-10H2,1-3H3,(H,23,25);1H4/t17?,28-;28-;/m00./s1. The number of hydrogen-bond acceptors (Lipinski definition) is 6. The van der Waals surface area contributed by atoms with Crippen LogP contribution in [-0.2, 0) is 22.0 Å². The summed E-state index contributed by atoms with van der Waals surface area (Å²) in [5, 5.41) is 5.08. The van der Waals surface area contributed by atoms with Crippen molar-refractivity contribution in [1.82, 2.24) is 4.72 Å². The molecular formula is C41H46F4N4O6S2. The number of anilines is 2. The maximum Gasteiger partial charge on any atom is 0.259 e. The smallest absolute Gasteiger partial charge is 0.259 e. The lowest BCUT2D eigenvalue weighted by atomic mass is 9.98. The number of ether oxygens (including phenoxy) is 2. The van der Waals surface area contributed by atoms with Crippen molar-refractivity contribution in [3.05, 3.63) is 118 Å². The molecule has 6 rings (SSSR count). The number of para-hydroxylation sites is 2. The molecule has 0 radical (unpaired) electrons. The van der Waals surface area contributed by atoms with E-state index in [1.807, 2.05) is 47.6 Å². The Labute approximate surface area is 335 Å². The van der Waals surface area contributed by atoms with Crippen molar-refractivity contribution < 1.29 is 45.0 Å². The molecule has 2 aliphatic rings. The molecule has 2 heterocycles. The van der Waals surface area contributed by atoms with Crippen LogP contribution in [0.1, 0.15) is 99.7 Å².